The van der Waals surface area contributed by atoms with Crippen molar-refractivity contribution in [2.75, 3.05) is 20.1 Å². The molecule has 1 saturated carbocycles. The first kappa shape index (κ1) is 21.9. The van der Waals surface area contributed by atoms with Gasteiger partial charge < -0.3 is 10.2 Å². The first-order valence-electron chi connectivity index (χ1n) is 10.7. The number of aromatic nitrogens is 2. The molecule has 1 aromatic heterocycles. The summed E-state index contributed by atoms with van der Waals surface area (Å²) in [7, 11) is 2.18. The molecule has 5 heteroatoms. The van der Waals surface area contributed by atoms with Gasteiger partial charge in [-0.25, -0.2) is 0 Å². The molecule has 2 rings (SSSR count). The van der Waals surface area contributed by atoms with E-state index in [4.69, 9.17) is 0 Å². The van der Waals surface area contributed by atoms with Gasteiger partial charge in [0.15, 0.2) is 0 Å². The molecule has 1 heterocycles. The van der Waals surface area contributed by atoms with Crippen LogP contribution in [0.15, 0.2) is 6.20 Å². The molecule has 27 heavy (non-hydrogen) atoms. The van der Waals surface area contributed by atoms with Crippen LogP contribution in [0.2, 0.25) is 0 Å². The lowest BCUT2D eigenvalue weighted by Gasteiger charge is -2.41. The maximum absolute atomic E-state index is 12.9. The Morgan fingerprint density at radius 3 is 2.85 bits per heavy atom. The van der Waals surface area contributed by atoms with E-state index in [1.165, 1.54) is 24.1 Å². The van der Waals surface area contributed by atoms with Crippen LogP contribution >= 0.6 is 0 Å². The van der Waals surface area contributed by atoms with E-state index in [9.17, 15) is 4.79 Å². The Kier molecular flexibility index (Phi) is 7.90. The Hall–Kier alpha value is -1.36. The average molecular weight is 377 g/mol. The summed E-state index contributed by atoms with van der Waals surface area (Å²) in [6.45, 7) is 13.8. The van der Waals surface area contributed by atoms with Gasteiger partial charge in [-0.2, -0.15) is 5.10 Å². The smallest absolute Gasteiger partial charge is 0.223 e. The summed E-state index contributed by atoms with van der Waals surface area (Å²) in [4.78, 5) is 15.2. The van der Waals surface area contributed by atoms with E-state index >= 15 is 0 Å². The predicted molar refractivity (Wildman–Crippen MR) is 112 cm³/mol. The number of nitrogens with one attached hydrogen (secondary N) is 2. The van der Waals surface area contributed by atoms with Crippen molar-refractivity contribution in [2.24, 2.45) is 17.3 Å². The van der Waals surface area contributed by atoms with Gasteiger partial charge in [0, 0.05) is 36.2 Å². The fourth-order valence-corrected chi connectivity index (χ4v) is 4.19. The number of H-pyrrole nitrogens is 1. The lowest BCUT2D eigenvalue weighted by atomic mass is 9.64. The summed E-state index contributed by atoms with van der Waals surface area (Å²) in [5, 5.41) is 10.8. The second-order valence-electron chi connectivity index (χ2n) is 9.55. The zero-order valence-corrected chi connectivity index (χ0v) is 18.3. The van der Waals surface area contributed by atoms with Gasteiger partial charge in [0.25, 0.3) is 0 Å². The van der Waals surface area contributed by atoms with E-state index in [1.807, 2.05) is 6.20 Å². The molecule has 2 atom stereocenters. The fourth-order valence-electron chi connectivity index (χ4n) is 4.19. The molecule has 1 aromatic rings. The molecule has 0 spiro atoms. The van der Waals surface area contributed by atoms with Gasteiger partial charge in [0.05, 0.1) is 6.20 Å². The first-order valence-corrected chi connectivity index (χ1v) is 10.7. The van der Waals surface area contributed by atoms with Crippen LogP contribution in [0.4, 0.5) is 0 Å². The van der Waals surface area contributed by atoms with E-state index < -0.39 is 0 Å². The molecule has 1 amide bonds. The van der Waals surface area contributed by atoms with Crippen molar-refractivity contribution in [2.45, 2.75) is 79.2 Å². The molecule has 0 bridgehead atoms. The fraction of sp³-hybridized carbons (Fsp3) is 0.818. The van der Waals surface area contributed by atoms with Crippen LogP contribution in [0.1, 0.15) is 83.9 Å². The third-order valence-electron chi connectivity index (χ3n) is 6.09. The number of aromatic amines is 1. The molecule has 0 aliphatic heterocycles. The lowest BCUT2D eigenvalue weighted by Crippen LogP contribution is -2.43. The minimum absolute atomic E-state index is 0.0513. The van der Waals surface area contributed by atoms with Crippen LogP contribution in [0, 0.1) is 17.3 Å². The van der Waals surface area contributed by atoms with Gasteiger partial charge in [-0.05, 0) is 50.6 Å². The summed E-state index contributed by atoms with van der Waals surface area (Å²) in [6.07, 6.45) is 7.51. The van der Waals surface area contributed by atoms with Gasteiger partial charge in [-0.15, -0.1) is 0 Å². The van der Waals surface area contributed by atoms with Crippen LogP contribution < -0.4 is 5.32 Å². The molecule has 2 N–H and O–H groups in total. The highest BCUT2D eigenvalue weighted by atomic mass is 16.1. The quantitative estimate of drug-likeness (QED) is 0.674. The molecule has 1 fully saturated rings. The predicted octanol–water partition coefficient (Wildman–Crippen LogP) is 4.32. The Balaban J connectivity index is 2.07. The zero-order valence-electron chi connectivity index (χ0n) is 18.3. The molecule has 0 saturated heterocycles. The van der Waals surface area contributed by atoms with E-state index in [2.05, 4.69) is 62.1 Å². The minimum Gasteiger partial charge on any atom is -0.356 e. The molecule has 0 aromatic carbocycles. The maximum atomic E-state index is 12.9. The number of carbonyl (C=O) groups is 1. The van der Waals surface area contributed by atoms with Crippen molar-refractivity contribution in [3.8, 4) is 0 Å². The molecule has 0 radical (unpaired) electrons. The highest BCUT2D eigenvalue weighted by molar-refractivity contribution is 5.79. The highest BCUT2D eigenvalue weighted by Gasteiger charge is 2.41. The Morgan fingerprint density at radius 1 is 1.44 bits per heavy atom. The van der Waals surface area contributed by atoms with Crippen LogP contribution in [0.25, 0.3) is 0 Å². The number of amides is 1. The molecule has 5 nitrogen and oxygen atoms in total. The van der Waals surface area contributed by atoms with Crippen molar-refractivity contribution < 1.29 is 4.79 Å². The van der Waals surface area contributed by atoms with Crippen LogP contribution in [0.3, 0.4) is 0 Å². The maximum Gasteiger partial charge on any atom is 0.223 e. The largest absolute Gasteiger partial charge is 0.356 e. The third-order valence-corrected chi connectivity index (χ3v) is 6.09. The van der Waals surface area contributed by atoms with Crippen molar-refractivity contribution in [3.05, 3.63) is 17.5 Å². The SMILES string of the molecule is CCCCN(C)Cc1cn[nH]c1C1CCC(C)(C)C(C(=O)NCC(C)C)C1. The van der Waals surface area contributed by atoms with E-state index in [-0.39, 0.29) is 17.2 Å². The van der Waals surface area contributed by atoms with E-state index in [0.717, 1.165) is 38.9 Å². The van der Waals surface area contributed by atoms with Gasteiger partial charge in [0.1, 0.15) is 0 Å². The van der Waals surface area contributed by atoms with Crippen LogP contribution in [-0.2, 0) is 11.3 Å². The first-order chi connectivity index (χ1) is 12.7. The summed E-state index contributed by atoms with van der Waals surface area (Å²) >= 11 is 0. The normalized spacial score (nSPS) is 22.4. The summed E-state index contributed by atoms with van der Waals surface area (Å²) in [6, 6.07) is 0. The number of carbonyl (C=O) groups excluding carboxylic acids is 1. The van der Waals surface area contributed by atoms with Gasteiger partial charge in [0.2, 0.25) is 5.91 Å². The number of unbranched alkanes of at least 4 members (excludes halogenated alkanes) is 1. The van der Waals surface area contributed by atoms with Crippen molar-refractivity contribution >= 4 is 5.91 Å². The zero-order chi connectivity index (χ0) is 20.0. The second kappa shape index (κ2) is 9.72. The lowest BCUT2D eigenvalue weighted by molar-refractivity contribution is -0.130. The van der Waals surface area contributed by atoms with E-state index in [1.54, 1.807) is 0 Å². The molecule has 1 aliphatic carbocycles. The van der Waals surface area contributed by atoms with Crippen molar-refractivity contribution in [1.29, 1.82) is 0 Å². The Labute approximate surface area is 165 Å². The standard InChI is InChI=1S/C22H40N4O/c1-7-8-11-26(6)15-18-14-24-25-20(18)17-9-10-22(4,5)19(12-17)21(27)23-13-16(2)3/h14,16-17,19H,7-13,15H2,1-6H3,(H,23,27)(H,24,25). The van der Waals surface area contributed by atoms with Crippen LogP contribution in [-0.4, -0.2) is 41.1 Å². The monoisotopic (exact) mass is 376 g/mol. The highest BCUT2D eigenvalue weighted by Crippen LogP contribution is 2.47. The second-order valence-corrected chi connectivity index (χ2v) is 9.55. The number of nitrogens with zero attached hydrogens (tertiary/aromatic N) is 2. The number of hydrogen-bond donors (Lipinski definition) is 2. The molecular formula is C22H40N4O. The number of hydrogen-bond acceptors (Lipinski definition) is 3. The third kappa shape index (κ3) is 6.06. The Morgan fingerprint density at radius 2 is 2.19 bits per heavy atom. The average Bonchev–Trinajstić information content (AvgIpc) is 3.05. The molecule has 2 unspecified atom stereocenters. The summed E-state index contributed by atoms with van der Waals surface area (Å²) in [5.74, 6) is 1.16. The Bertz CT molecular complexity index is 593. The molecular weight excluding hydrogens is 336 g/mol. The van der Waals surface area contributed by atoms with Gasteiger partial charge in [-0.3, -0.25) is 9.89 Å². The van der Waals surface area contributed by atoms with Gasteiger partial charge >= 0.3 is 0 Å². The van der Waals surface area contributed by atoms with Crippen molar-refractivity contribution in [3.63, 3.8) is 0 Å². The van der Waals surface area contributed by atoms with E-state index in [0.29, 0.717) is 11.8 Å². The molecule has 1 aliphatic rings. The number of rotatable bonds is 9. The minimum atomic E-state index is 0.0513. The summed E-state index contributed by atoms with van der Waals surface area (Å²) in [5.41, 5.74) is 2.59. The topological polar surface area (TPSA) is 61.0 Å². The van der Waals surface area contributed by atoms with Crippen LogP contribution in [0.5, 0.6) is 0 Å². The van der Waals surface area contributed by atoms with Gasteiger partial charge in [-0.1, -0.05) is 41.0 Å². The summed E-state index contributed by atoms with van der Waals surface area (Å²) < 4.78 is 0. The van der Waals surface area contributed by atoms with Crippen molar-refractivity contribution in [1.82, 2.24) is 20.4 Å². The molecule has 154 valence electrons.